The lowest BCUT2D eigenvalue weighted by atomic mass is 10.0. The van der Waals surface area contributed by atoms with Crippen molar-refractivity contribution in [3.63, 3.8) is 0 Å². The standard InChI is InChI=1S/C26H21BrN2O4/c1-16-6-11-21(12-17(16)2)29-25(31)23(24(30)28-26(29)32)14-19-4-3-5-22(13-19)33-15-18-7-9-20(27)10-8-18/h3-14H,15H2,1-2H3,(H,28,30,32)/b23-14-. The number of barbiturate groups is 1. The summed E-state index contributed by atoms with van der Waals surface area (Å²) in [5, 5.41) is 2.25. The zero-order chi connectivity index (χ0) is 23.5. The summed E-state index contributed by atoms with van der Waals surface area (Å²) in [5.74, 6) is -0.808. The van der Waals surface area contributed by atoms with E-state index in [4.69, 9.17) is 4.74 Å². The molecule has 1 heterocycles. The molecule has 7 heteroatoms. The van der Waals surface area contributed by atoms with Crippen LogP contribution in [-0.4, -0.2) is 17.8 Å². The van der Waals surface area contributed by atoms with Gasteiger partial charge >= 0.3 is 6.03 Å². The van der Waals surface area contributed by atoms with E-state index in [2.05, 4.69) is 21.2 Å². The molecule has 4 rings (SSSR count). The van der Waals surface area contributed by atoms with Gasteiger partial charge in [0.15, 0.2) is 0 Å². The number of nitrogens with one attached hydrogen (secondary N) is 1. The molecule has 1 saturated heterocycles. The lowest BCUT2D eigenvalue weighted by Crippen LogP contribution is -2.54. The van der Waals surface area contributed by atoms with Gasteiger partial charge in [-0.3, -0.25) is 14.9 Å². The molecule has 1 aliphatic rings. The van der Waals surface area contributed by atoms with Crippen LogP contribution in [0.15, 0.2) is 76.8 Å². The van der Waals surface area contributed by atoms with E-state index >= 15 is 0 Å². The molecule has 0 aliphatic carbocycles. The van der Waals surface area contributed by atoms with Crippen molar-refractivity contribution in [2.45, 2.75) is 20.5 Å². The molecule has 166 valence electrons. The number of rotatable bonds is 5. The summed E-state index contributed by atoms with van der Waals surface area (Å²) in [6.45, 7) is 4.21. The molecule has 0 aromatic heterocycles. The van der Waals surface area contributed by atoms with Crippen molar-refractivity contribution in [1.29, 1.82) is 0 Å². The van der Waals surface area contributed by atoms with Gasteiger partial charge in [-0.1, -0.05) is 46.3 Å². The molecular formula is C26H21BrN2O4. The van der Waals surface area contributed by atoms with Crippen LogP contribution in [0.4, 0.5) is 10.5 Å². The van der Waals surface area contributed by atoms with Gasteiger partial charge in [0.25, 0.3) is 11.8 Å². The fourth-order valence-corrected chi connectivity index (χ4v) is 3.63. The van der Waals surface area contributed by atoms with E-state index in [9.17, 15) is 14.4 Å². The molecular weight excluding hydrogens is 484 g/mol. The quantitative estimate of drug-likeness (QED) is 0.377. The highest BCUT2D eigenvalue weighted by Gasteiger charge is 2.36. The maximum atomic E-state index is 13.1. The number of urea groups is 1. The molecule has 3 aromatic carbocycles. The Morgan fingerprint density at radius 3 is 2.42 bits per heavy atom. The summed E-state index contributed by atoms with van der Waals surface area (Å²) in [5.41, 5.74) is 3.87. The number of halogens is 1. The minimum atomic E-state index is -0.767. The van der Waals surface area contributed by atoms with Crippen LogP contribution in [0.25, 0.3) is 6.08 Å². The van der Waals surface area contributed by atoms with Crippen molar-refractivity contribution in [2.24, 2.45) is 0 Å². The van der Waals surface area contributed by atoms with Crippen LogP contribution in [0.2, 0.25) is 0 Å². The molecule has 1 aliphatic heterocycles. The third-order valence-corrected chi connectivity index (χ3v) is 5.87. The zero-order valence-electron chi connectivity index (χ0n) is 18.1. The van der Waals surface area contributed by atoms with Crippen LogP contribution in [0.5, 0.6) is 5.75 Å². The number of nitrogens with zero attached hydrogens (tertiary/aromatic N) is 1. The molecule has 33 heavy (non-hydrogen) atoms. The van der Waals surface area contributed by atoms with Gasteiger partial charge in [0.05, 0.1) is 5.69 Å². The Hall–Kier alpha value is -3.71. The Morgan fingerprint density at radius 1 is 0.939 bits per heavy atom. The van der Waals surface area contributed by atoms with Crippen LogP contribution in [0, 0.1) is 13.8 Å². The van der Waals surface area contributed by atoms with E-state index in [1.54, 1.807) is 36.4 Å². The Balaban J connectivity index is 1.58. The van der Waals surface area contributed by atoms with E-state index in [-0.39, 0.29) is 5.57 Å². The molecule has 0 atom stereocenters. The van der Waals surface area contributed by atoms with Crippen molar-refractivity contribution in [2.75, 3.05) is 4.90 Å². The van der Waals surface area contributed by atoms with Gasteiger partial charge < -0.3 is 4.74 Å². The van der Waals surface area contributed by atoms with Gasteiger partial charge in [0.2, 0.25) is 0 Å². The first-order valence-corrected chi connectivity index (χ1v) is 11.1. The van der Waals surface area contributed by atoms with Crippen molar-refractivity contribution >= 4 is 45.5 Å². The first kappa shape index (κ1) is 22.5. The summed E-state index contributed by atoms with van der Waals surface area (Å²) in [7, 11) is 0. The van der Waals surface area contributed by atoms with Crippen molar-refractivity contribution in [1.82, 2.24) is 5.32 Å². The molecule has 1 fully saturated rings. The Morgan fingerprint density at radius 2 is 1.70 bits per heavy atom. The van der Waals surface area contributed by atoms with Crippen LogP contribution < -0.4 is 15.0 Å². The largest absolute Gasteiger partial charge is 0.489 e. The monoisotopic (exact) mass is 504 g/mol. The third-order valence-electron chi connectivity index (χ3n) is 5.34. The fraction of sp³-hybridized carbons (Fsp3) is 0.115. The van der Waals surface area contributed by atoms with Gasteiger partial charge in [-0.25, -0.2) is 9.69 Å². The highest BCUT2D eigenvalue weighted by Crippen LogP contribution is 2.25. The predicted octanol–water partition coefficient (Wildman–Crippen LogP) is 5.31. The molecule has 4 amide bonds. The summed E-state index contributed by atoms with van der Waals surface area (Å²) in [6.07, 6.45) is 1.46. The Bertz CT molecular complexity index is 1280. The van der Waals surface area contributed by atoms with Gasteiger partial charge in [-0.15, -0.1) is 0 Å². The first-order valence-electron chi connectivity index (χ1n) is 10.3. The van der Waals surface area contributed by atoms with Gasteiger partial charge in [0, 0.05) is 4.47 Å². The number of anilines is 1. The number of hydrogen-bond donors (Lipinski definition) is 1. The molecule has 3 aromatic rings. The lowest BCUT2D eigenvalue weighted by molar-refractivity contribution is -0.122. The summed E-state index contributed by atoms with van der Waals surface area (Å²) < 4.78 is 6.84. The van der Waals surface area contributed by atoms with Crippen LogP contribution in [0.3, 0.4) is 0 Å². The molecule has 0 bridgehead atoms. The highest BCUT2D eigenvalue weighted by molar-refractivity contribution is 9.10. The second-order valence-corrected chi connectivity index (χ2v) is 8.63. The maximum Gasteiger partial charge on any atom is 0.335 e. The second-order valence-electron chi connectivity index (χ2n) is 7.71. The smallest absolute Gasteiger partial charge is 0.335 e. The van der Waals surface area contributed by atoms with Crippen molar-refractivity contribution in [3.8, 4) is 5.75 Å². The van der Waals surface area contributed by atoms with Gasteiger partial charge in [0.1, 0.15) is 17.9 Å². The number of imide groups is 2. The summed E-state index contributed by atoms with van der Waals surface area (Å²) >= 11 is 3.41. The lowest BCUT2D eigenvalue weighted by Gasteiger charge is -2.26. The number of carbonyl (C=O) groups is 3. The van der Waals surface area contributed by atoms with Crippen LogP contribution in [-0.2, 0) is 16.2 Å². The normalized spacial score (nSPS) is 15.1. The first-order chi connectivity index (χ1) is 15.8. The van der Waals surface area contributed by atoms with Crippen LogP contribution >= 0.6 is 15.9 Å². The van der Waals surface area contributed by atoms with E-state index in [1.807, 2.05) is 44.2 Å². The SMILES string of the molecule is Cc1ccc(N2C(=O)NC(=O)/C(=C/c3cccc(OCc4ccc(Br)cc4)c3)C2=O)cc1C. The van der Waals surface area contributed by atoms with Gasteiger partial charge in [-0.05, 0) is 78.6 Å². The van der Waals surface area contributed by atoms with E-state index in [0.29, 0.717) is 23.6 Å². The zero-order valence-corrected chi connectivity index (χ0v) is 19.7. The van der Waals surface area contributed by atoms with E-state index in [0.717, 1.165) is 26.1 Å². The van der Waals surface area contributed by atoms with Crippen LogP contribution in [0.1, 0.15) is 22.3 Å². The molecule has 0 radical (unpaired) electrons. The predicted molar refractivity (Wildman–Crippen MR) is 130 cm³/mol. The maximum absolute atomic E-state index is 13.1. The number of hydrogen-bond acceptors (Lipinski definition) is 4. The Labute approximate surface area is 200 Å². The molecule has 0 spiro atoms. The number of ether oxygens (including phenoxy) is 1. The van der Waals surface area contributed by atoms with E-state index in [1.165, 1.54) is 6.08 Å². The molecule has 0 saturated carbocycles. The number of aryl methyl sites for hydroxylation is 2. The minimum Gasteiger partial charge on any atom is -0.489 e. The van der Waals surface area contributed by atoms with Crippen molar-refractivity contribution in [3.05, 3.63) is 99.0 Å². The number of amides is 4. The summed E-state index contributed by atoms with van der Waals surface area (Å²) in [6, 6.07) is 19.4. The number of benzene rings is 3. The molecule has 6 nitrogen and oxygen atoms in total. The van der Waals surface area contributed by atoms with Crippen molar-refractivity contribution < 1.29 is 19.1 Å². The fourth-order valence-electron chi connectivity index (χ4n) is 3.36. The average molecular weight is 505 g/mol. The average Bonchev–Trinajstić information content (AvgIpc) is 2.79. The van der Waals surface area contributed by atoms with E-state index < -0.39 is 17.8 Å². The summed E-state index contributed by atoms with van der Waals surface area (Å²) in [4.78, 5) is 39.0. The third kappa shape index (κ3) is 5.04. The Kier molecular flexibility index (Phi) is 6.42. The van der Waals surface area contributed by atoms with Gasteiger partial charge in [-0.2, -0.15) is 0 Å². The molecule has 0 unspecified atom stereocenters. The topological polar surface area (TPSA) is 75.7 Å². The molecule has 1 N–H and O–H groups in total. The highest BCUT2D eigenvalue weighted by atomic mass is 79.9. The number of carbonyl (C=O) groups excluding carboxylic acids is 3. The second kappa shape index (κ2) is 9.42. The minimum absolute atomic E-state index is 0.127.